The molecule has 7 heteroatoms. The molecule has 15 heavy (non-hydrogen) atoms. The van der Waals surface area contributed by atoms with E-state index in [-0.39, 0.29) is 13.2 Å². The van der Waals surface area contributed by atoms with Gasteiger partial charge in [-0.15, -0.1) is 0 Å². The number of hydrogen-bond acceptors (Lipinski definition) is 6. The van der Waals surface area contributed by atoms with E-state index in [0.29, 0.717) is 19.1 Å². The van der Waals surface area contributed by atoms with Gasteiger partial charge >= 0.3 is 8.80 Å². The predicted molar refractivity (Wildman–Crippen MR) is 55.3 cm³/mol. The van der Waals surface area contributed by atoms with Gasteiger partial charge in [0.05, 0.1) is 13.2 Å². The van der Waals surface area contributed by atoms with E-state index in [2.05, 4.69) is 0 Å². The van der Waals surface area contributed by atoms with Crippen molar-refractivity contribution in [3.63, 3.8) is 0 Å². The first-order chi connectivity index (χ1) is 7.08. The molecular weight excluding hydrogens is 220 g/mol. The Morgan fingerprint density at radius 1 is 1.27 bits per heavy atom. The maximum absolute atomic E-state index is 9.63. The first-order valence-corrected chi connectivity index (χ1v) is 6.74. The highest BCUT2D eigenvalue weighted by atomic mass is 28.4. The monoisotopic (exact) mass is 240 g/mol. The molecule has 0 radical (unpaired) electrons. The summed E-state index contributed by atoms with van der Waals surface area (Å²) in [5, 5.41) is 17.4. The van der Waals surface area contributed by atoms with Gasteiger partial charge in [0.25, 0.3) is 0 Å². The zero-order valence-corrected chi connectivity index (χ0v) is 10.2. The summed E-state index contributed by atoms with van der Waals surface area (Å²) >= 11 is 0. The van der Waals surface area contributed by atoms with E-state index in [1.807, 2.05) is 0 Å². The molecule has 1 atom stereocenters. The van der Waals surface area contributed by atoms with Gasteiger partial charge in [-0.05, 0) is 6.42 Å². The van der Waals surface area contributed by atoms with Gasteiger partial charge in [-0.1, -0.05) is 0 Å². The highest BCUT2D eigenvalue weighted by Crippen LogP contribution is 2.10. The Bertz CT molecular complexity index is 152. The molecule has 0 saturated carbocycles. The minimum Gasteiger partial charge on any atom is -0.394 e. The van der Waals surface area contributed by atoms with E-state index in [4.69, 9.17) is 23.8 Å². The average molecular weight is 240 g/mol. The van der Waals surface area contributed by atoms with E-state index < -0.39 is 14.9 Å². The number of rotatable bonds is 9. The molecule has 6 nitrogen and oxygen atoms in total. The van der Waals surface area contributed by atoms with Gasteiger partial charge in [-0.3, -0.25) is 0 Å². The van der Waals surface area contributed by atoms with Crippen LogP contribution in [0.3, 0.4) is 0 Å². The molecule has 3 N–H and O–H groups in total. The minimum absolute atomic E-state index is 0.0937. The van der Waals surface area contributed by atoms with Crippen molar-refractivity contribution in [3.05, 3.63) is 0 Å². The van der Waals surface area contributed by atoms with Gasteiger partial charge in [0.1, 0.15) is 6.10 Å². The molecule has 0 heterocycles. The molecule has 0 aliphatic heterocycles. The molecule has 0 amide bonds. The molecular formula is C8H20O6Si. The fourth-order valence-electron chi connectivity index (χ4n) is 0.957. The highest BCUT2D eigenvalue weighted by Gasteiger charge is 2.33. The van der Waals surface area contributed by atoms with Gasteiger partial charge in [0, 0.05) is 26.9 Å². The fraction of sp³-hybridized carbons (Fsp3) is 1.00. The molecule has 0 bridgehead atoms. The van der Waals surface area contributed by atoms with E-state index in [9.17, 15) is 4.80 Å². The summed E-state index contributed by atoms with van der Waals surface area (Å²) in [6.45, 7) is 0.171. The molecule has 0 spiro atoms. The normalized spacial score (nSPS) is 14.2. The third-order valence-corrected chi connectivity index (χ3v) is 4.20. The van der Waals surface area contributed by atoms with Crippen LogP contribution in [0.2, 0.25) is 6.04 Å². The standard InChI is InChI=1S/C8H20O6Si/c1-12-15(11,13-2)5-3-4-14-7-8(10)6-9/h8-11H,3-7H2,1-2H3. The van der Waals surface area contributed by atoms with Crippen LogP contribution in [0.1, 0.15) is 6.42 Å². The van der Waals surface area contributed by atoms with Crippen LogP contribution in [-0.2, 0) is 13.6 Å². The van der Waals surface area contributed by atoms with Crippen LogP contribution in [0.15, 0.2) is 0 Å². The molecule has 0 aromatic carbocycles. The highest BCUT2D eigenvalue weighted by molar-refractivity contribution is 6.59. The first-order valence-electron chi connectivity index (χ1n) is 4.77. The Kier molecular flexibility index (Phi) is 8.15. The average Bonchev–Trinajstić information content (AvgIpc) is 2.27. The molecule has 0 fully saturated rings. The zero-order chi connectivity index (χ0) is 11.7. The molecule has 0 saturated heterocycles. The zero-order valence-electron chi connectivity index (χ0n) is 9.18. The lowest BCUT2D eigenvalue weighted by molar-refractivity contribution is 0.00562. The Balaban J connectivity index is 3.45. The summed E-state index contributed by atoms with van der Waals surface area (Å²) in [5.74, 6) is 0. The Morgan fingerprint density at radius 2 is 1.87 bits per heavy atom. The summed E-state index contributed by atoms with van der Waals surface area (Å²) in [6.07, 6.45) is -0.256. The van der Waals surface area contributed by atoms with Crippen molar-refractivity contribution in [2.24, 2.45) is 0 Å². The van der Waals surface area contributed by atoms with Gasteiger partial charge in [0.2, 0.25) is 0 Å². The second kappa shape index (κ2) is 8.17. The van der Waals surface area contributed by atoms with Crippen LogP contribution in [0, 0.1) is 0 Å². The van der Waals surface area contributed by atoms with Gasteiger partial charge in [-0.25, -0.2) is 0 Å². The smallest absolute Gasteiger partial charge is 0.394 e. The number of hydrogen-bond donors (Lipinski definition) is 3. The van der Waals surface area contributed by atoms with Crippen molar-refractivity contribution in [3.8, 4) is 0 Å². The van der Waals surface area contributed by atoms with Crippen LogP contribution in [0.5, 0.6) is 0 Å². The van der Waals surface area contributed by atoms with Crippen molar-refractivity contribution < 1.29 is 28.6 Å². The van der Waals surface area contributed by atoms with Crippen LogP contribution < -0.4 is 0 Å². The van der Waals surface area contributed by atoms with Gasteiger partial charge in [-0.2, -0.15) is 0 Å². The maximum atomic E-state index is 9.63. The summed E-state index contributed by atoms with van der Waals surface area (Å²) < 4.78 is 14.8. The fourth-order valence-corrected chi connectivity index (χ4v) is 2.12. The second-order valence-corrected chi connectivity index (χ2v) is 5.88. The van der Waals surface area contributed by atoms with E-state index in [0.717, 1.165) is 0 Å². The van der Waals surface area contributed by atoms with Crippen molar-refractivity contribution >= 4 is 8.80 Å². The Labute approximate surface area is 90.8 Å². The largest absolute Gasteiger partial charge is 0.497 e. The minimum atomic E-state index is -2.97. The Hall–Kier alpha value is -0.0231. The van der Waals surface area contributed by atoms with Gasteiger partial charge in [0.15, 0.2) is 0 Å². The predicted octanol–water partition coefficient (Wildman–Crippen LogP) is -1.03. The summed E-state index contributed by atoms with van der Waals surface area (Å²) in [7, 11) is -0.157. The van der Waals surface area contributed by atoms with Crippen molar-refractivity contribution in [1.82, 2.24) is 0 Å². The lowest BCUT2D eigenvalue weighted by Crippen LogP contribution is -2.40. The third-order valence-electron chi connectivity index (χ3n) is 1.94. The lowest BCUT2D eigenvalue weighted by atomic mass is 10.4. The van der Waals surface area contributed by atoms with E-state index >= 15 is 0 Å². The molecule has 0 aromatic heterocycles. The van der Waals surface area contributed by atoms with Gasteiger partial charge < -0.3 is 28.6 Å². The second-order valence-electron chi connectivity index (χ2n) is 3.14. The molecule has 1 unspecified atom stereocenters. The molecule has 92 valence electrons. The van der Waals surface area contributed by atoms with E-state index in [1.165, 1.54) is 14.2 Å². The van der Waals surface area contributed by atoms with Crippen molar-refractivity contribution in [2.75, 3.05) is 34.0 Å². The van der Waals surface area contributed by atoms with Crippen LogP contribution >= 0.6 is 0 Å². The molecule has 0 rings (SSSR count). The molecule has 0 aliphatic rings. The Morgan fingerprint density at radius 3 is 2.33 bits per heavy atom. The molecule has 0 aliphatic carbocycles. The topological polar surface area (TPSA) is 88.4 Å². The lowest BCUT2D eigenvalue weighted by Gasteiger charge is -2.19. The van der Waals surface area contributed by atoms with Crippen molar-refractivity contribution in [2.45, 2.75) is 18.6 Å². The first kappa shape index (κ1) is 15.0. The summed E-state index contributed by atoms with van der Waals surface area (Å²) in [6, 6.07) is 0.412. The molecule has 0 aromatic rings. The summed E-state index contributed by atoms with van der Waals surface area (Å²) in [4.78, 5) is 9.63. The van der Waals surface area contributed by atoms with E-state index in [1.54, 1.807) is 0 Å². The maximum Gasteiger partial charge on any atom is 0.497 e. The number of aliphatic hydroxyl groups excluding tert-OH is 2. The number of ether oxygens (including phenoxy) is 1. The van der Waals surface area contributed by atoms with Crippen LogP contribution in [-0.4, -0.2) is 64.0 Å². The quantitative estimate of drug-likeness (QED) is 0.353. The van der Waals surface area contributed by atoms with Crippen molar-refractivity contribution in [1.29, 1.82) is 0 Å². The van der Waals surface area contributed by atoms with Crippen LogP contribution in [0.4, 0.5) is 0 Å². The number of aliphatic hydroxyl groups is 2. The summed E-state index contributed by atoms with van der Waals surface area (Å²) in [5.41, 5.74) is 0. The van der Waals surface area contributed by atoms with Crippen LogP contribution in [0.25, 0.3) is 0 Å². The SMILES string of the molecule is CO[Si](O)(CCCOCC(O)CO)OC. The third kappa shape index (κ3) is 6.96.